The molecule has 4 N–H and O–H groups in total. The number of aliphatic hydroxyl groups is 2. The molecule has 0 aliphatic heterocycles. The Morgan fingerprint density at radius 3 is 1.65 bits per heavy atom. The summed E-state index contributed by atoms with van der Waals surface area (Å²) in [6, 6.07) is 0. The Hall–Kier alpha value is -1.14. The molecule has 0 aromatic heterocycles. The summed E-state index contributed by atoms with van der Waals surface area (Å²) in [5.74, 6) is -2.02. The lowest BCUT2D eigenvalue weighted by Crippen LogP contribution is -2.46. The summed E-state index contributed by atoms with van der Waals surface area (Å²) in [4.78, 5) is 21.2. The van der Waals surface area contributed by atoms with Crippen molar-refractivity contribution in [2.75, 3.05) is 0 Å². The zero-order chi connectivity index (χ0) is 15.8. The van der Waals surface area contributed by atoms with Gasteiger partial charge in [-0.25, -0.2) is 0 Å². The van der Waals surface area contributed by atoms with Crippen LogP contribution in [0.3, 0.4) is 0 Å². The van der Waals surface area contributed by atoms with Gasteiger partial charge in [0.2, 0.25) is 0 Å². The molecule has 0 aliphatic carbocycles. The van der Waals surface area contributed by atoms with Crippen LogP contribution < -0.4 is 0 Å². The summed E-state index contributed by atoms with van der Waals surface area (Å²) in [5.41, 5.74) is -0.959. The topological polar surface area (TPSA) is 115 Å². The lowest BCUT2D eigenvalue weighted by molar-refractivity contribution is -0.139. The zero-order valence-corrected chi connectivity index (χ0v) is 12.1. The van der Waals surface area contributed by atoms with E-state index in [1.165, 1.54) is 0 Å². The molecule has 0 bridgehead atoms. The molecule has 20 heavy (non-hydrogen) atoms. The van der Waals surface area contributed by atoms with Crippen molar-refractivity contribution in [2.45, 2.75) is 64.6 Å². The zero-order valence-electron chi connectivity index (χ0n) is 12.1. The summed E-state index contributed by atoms with van der Waals surface area (Å²) in [5, 5.41) is 37.9. The lowest BCUT2D eigenvalue weighted by atomic mass is 9.69. The van der Waals surface area contributed by atoms with Crippen molar-refractivity contribution in [3.05, 3.63) is 6.42 Å². The van der Waals surface area contributed by atoms with Crippen LogP contribution in [0, 0.1) is 11.8 Å². The summed E-state index contributed by atoms with van der Waals surface area (Å²) in [7, 11) is 0. The van der Waals surface area contributed by atoms with E-state index in [0.29, 0.717) is 12.8 Å². The molecule has 0 amide bonds. The monoisotopic (exact) mass is 289 g/mol. The van der Waals surface area contributed by atoms with Gasteiger partial charge in [-0.05, 0) is 25.7 Å². The van der Waals surface area contributed by atoms with Gasteiger partial charge in [-0.15, -0.1) is 0 Å². The van der Waals surface area contributed by atoms with Gasteiger partial charge in [0.1, 0.15) is 0 Å². The van der Waals surface area contributed by atoms with Crippen LogP contribution in [0.15, 0.2) is 0 Å². The first-order valence-electron chi connectivity index (χ1n) is 6.94. The molecule has 2 unspecified atom stereocenters. The highest BCUT2D eigenvalue weighted by atomic mass is 16.4. The number of aliphatic carboxylic acids is 2. The highest BCUT2D eigenvalue weighted by Gasteiger charge is 2.42. The third-order valence-electron chi connectivity index (χ3n) is 3.70. The van der Waals surface area contributed by atoms with Crippen LogP contribution in [0.2, 0.25) is 0 Å². The Balaban J connectivity index is 4.94. The molecule has 0 spiro atoms. The number of hydrogen-bond acceptors (Lipinski definition) is 4. The van der Waals surface area contributed by atoms with Gasteiger partial charge in [-0.1, -0.05) is 20.3 Å². The Morgan fingerprint density at radius 2 is 1.40 bits per heavy atom. The molecule has 0 aliphatic rings. The summed E-state index contributed by atoms with van der Waals surface area (Å²) >= 11 is 0. The first-order chi connectivity index (χ1) is 9.30. The molecule has 0 heterocycles. The lowest BCUT2D eigenvalue weighted by Gasteiger charge is -2.41. The SMILES string of the molecule is CC[CH]C(CC)(C(O)CCC(=O)O)C(O)CCC(=O)O. The molecule has 0 rings (SSSR count). The number of carboxylic acid groups (broad SMARTS) is 2. The maximum absolute atomic E-state index is 10.6. The number of aliphatic hydroxyl groups excluding tert-OH is 2. The Morgan fingerprint density at radius 1 is 1.00 bits per heavy atom. The van der Waals surface area contributed by atoms with Crippen molar-refractivity contribution in [1.29, 1.82) is 0 Å². The van der Waals surface area contributed by atoms with E-state index < -0.39 is 29.6 Å². The van der Waals surface area contributed by atoms with Gasteiger partial charge in [0.15, 0.2) is 0 Å². The standard InChI is InChI=1S/C14H25O6/c1-3-9-14(4-2,10(15)5-7-12(17)18)11(16)6-8-13(19)20/h9-11,15-16H,3-8H2,1-2H3,(H,17,18)(H,19,20). The summed E-state index contributed by atoms with van der Waals surface area (Å²) in [6.45, 7) is 3.65. The normalized spacial score (nSPS) is 17.2. The number of hydrogen-bond donors (Lipinski definition) is 4. The minimum Gasteiger partial charge on any atom is -0.481 e. The van der Waals surface area contributed by atoms with E-state index in [9.17, 15) is 19.8 Å². The van der Waals surface area contributed by atoms with E-state index >= 15 is 0 Å². The highest BCUT2D eigenvalue weighted by molar-refractivity contribution is 5.67. The summed E-state index contributed by atoms with van der Waals surface area (Å²) in [6.07, 6.45) is 0.460. The van der Waals surface area contributed by atoms with Crippen LogP contribution in [0.4, 0.5) is 0 Å². The second-order valence-corrected chi connectivity index (χ2v) is 4.97. The molecular weight excluding hydrogens is 264 g/mol. The predicted octanol–water partition coefficient (Wildman–Crippen LogP) is 1.45. The van der Waals surface area contributed by atoms with Crippen molar-refractivity contribution >= 4 is 11.9 Å². The molecule has 0 saturated carbocycles. The Bertz CT molecular complexity index is 291. The van der Waals surface area contributed by atoms with Gasteiger partial charge in [0.05, 0.1) is 12.2 Å². The van der Waals surface area contributed by atoms with Crippen LogP contribution in [0.25, 0.3) is 0 Å². The van der Waals surface area contributed by atoms with Gasteiger partial charge >= 0.3 is 11.9 Å². The first kappa shape index (κ1) is 18.9. The van der Waals surface area contributed by atoms with Crippen LogP contribution in [-0.4, -0.2) is 44.6 Å². The fourth-order valence-corrected chi connectivity index (χ4v) is 2.55. The van der Waals surface area contributed by atoms with Crippen molar-refractivity contribution < 1.29 is 30.0 Å². The highest BCUT2D eigenvalue weighted by Crippen LogP contribution is 2.39. The van der Waals surface area contributed by atoms with Crippen LogP contribution >= 0.6 is 0 Å². The van der Waals surface area contributed by atoms with E-state index in [1.54, 1.807) is 13.3 Å². The van der Waals surface area contributed by atoms with Gasteiger partial charge in [-0.3, -0.25) is 9.59 Å². The maximum Gasteiger partial charge on any atom is 0.303 e. The average molecular weight is 289 g/mol. The minimum atomic E-state index is -1.01. The quantitative estimate of drug-likeness (QED) is 0.457. The van der Waals surface area contributed by atoms with Crippen molar-refractivity contribution in [1.82, 2.24) is 0 Å². The maximum atomic E-state index is 10.6. The van der Waals surface area contributed by atoms with E-state index in [-0.39, 0.29) is 25.7 Å². The van der Waals surface area contributed by atoms with Gasteiger partial charge in [-0.2, -0.15) is 0 Å². The number of carbonyl (C=O) groups is 2. The van der Waals surface area contributed by atoms with Crippen LogP contribution in [0.1, 0.15) is 52.4 Å². The molecular formula is C14H25O6. The van der Waals surface area contributed by atoms with Crippen LogP contribution in [0.5, 0.6) is 0 Å². The largest absolute Gasteiger partial charge is 0.481 e. The van der Waals surface area contributed by atoms with Gasteiger partial charge in [0, 0.05) is 18.3 Å². The van der Waals surface area contributed by atoms with E-state index in [0.717, 1.165) is 0 Å². The number of rotatable bonds is 11. The third-order valence-corrected chi connectivity index (χ3v) is 3.70. The smallest absolute Gasteiger partial charge is 0.303 e. The fraction of sp³-hybridized carbons (Fsp3) is 0.786. The molecule has 0 aromatic carbocycles. The molecule has 1 radical (unpaired) electrons. The minimum absolute atomic E-state index is 0.0316. The second-order valence-electron chi connectivity index (χ2n) is 4.97. The third kappa shape index (κ3) is 5.46. The molecule has 0 saturated heterocycles. The molecule has 0 fully saturated rings. The molecule has 6 nitrogen and oxygen atoms in total. The molecule has 0 aromatic rings. The van der Waals surface area contributed by atoms with Gasteiger partial charge < -0.3 is 20.4 Å². The Labute approximate surface area is 119 Å². The van der Waals surface area contributed by atoms with Crippen LogP contribution in [-0.2, 0) is 9.59 Å². The van der Waals surface area contributed by atoms with E-state index in [1.807, 2.05) is 6.92 Å². The Kier molecular flexibility index (Phi) is 8.41. The average Bonchev–Trinajstić information content (AvgIpc) is 2.39. The first-order valence-corrected chi connectivity index (χ1v) is 6.94. The van der Waals surface area contributed by atoms with Gasteiger partial charge in [0.25, 0.3) is 0 Å². The summed E-state index contributed by atoms with van der Waals surface area (Å²) < 4.78 is 0. The molecule has 2 atom stereocenters. The molecule has 6 heteroatoms. The van der Waals surface area contributed by atoms with E-state index in [2.05, 4.69) is 0 Å². The van der Waals surface area contributed by atoms with Crippen molar-refractivity contribution in [2.24, 2.45) is 5.41 Å². The van der Waals surface area contributed by atoms with E-state index in [4.69, 9.17) is 10.2 Å². The van der Waals surface area contributed by atoms with Crippen molar-refractivity contribution in [3.63, 3.8) is 0 Å². The number of carboxylic acids is 2. The second kappa shape index (κ2) is 8.92. The predicted molar refractivity (Wildman–Crippen MR) is 73.1 cm³/mol. The van der Waals surface area contributed by atoms with Crippen molar-refractivity contribution in [3.8, 4) is 0 Å². The molecule has 117 valence electrons. The fourth-order valence-electron chi connectivity index (χ4n) is 2.55.